The van der Waals surface area contributed by atoms with Crippen LogP contribution in [0.2, 0.25) is 0 Å². The summed E-state index contributed by atoms with van der Waals surface area (Å²) in [5.74, 6) is 0.139. The monoisotopic (exact) mass is 570 g/mol. The number of hydrogen-bond acceptors (Lipinski definition) is 5. The maximum atomic E-state index is 14.0. The van der Waals surface area contributed by atoms with Crippen molar-refractivity contribution < 1.29 is 9.59 Å². The summed E-state index contributed by atoms with van der Waals surface area (Å²) < 4.78 is 0. The first-order valence-corrected chi connectivity index (χ1v) is 15.0. The van der Waals surface area contributed by atoms with Gasteiger partial charge < -0.3 is 10.2 Å². The molecule has 2 heterocycles. The molecule has 3 aliphatic rings. The van der Waals surface area contributed by atoms with Crippen LogP contribution in [0.5, 0.6) is 0 Å². The first-order chi connectivity index (χ1) is 20.4. The van der Waals surface area contributed by atoms with Crippen LogP contribution in [-0.2, 0) is 11.3 Å². The van der Waals surface area contributed by atoms with Gasteiger partial charge in [0.15, 0.2) is 5.13 Å². The first-order valence-electron chi connectivity index (χ1n) is 14.1. The second-order valence-corrected chi connectivity index (χ2v) is 12.3. The van der Waals surface area contributed by atoms with Crippen molar-refractivity contribution in [3.05, 3.63) is 136 Å². The lowest BCUT2D eigenvalue weighted by atomic mass is 9.52. The molecule has 0 fully saturated rings. The third-order valence-corrected chi connectivity index (χ3v) is 9.55. The van der Waals surface area contributed by atoms with E-state index in [2.05, 4.69) is 65.8 Å². The number of thiazole rings is 1. The lowest BCUT2D eigenvalue weighted by molar-refractivity contribution is -0.126. The molecular formula is C35H30N4O2S. The zero-order valence-corrected chi connectivity index (χ0v) is 24.3. The lowest BCUT2D eigenvalue weighted by Gasteiger charge is -2.50. The number of rotatable bonds is 6. The van der Waals surface area contributed by atoms with Crippen molar-refractivity contribution in [1.82, 2.24) is 14.9 Å². The molecule has 3 aromatic carbocycles. The minimum Gasteiger partial charge on any atom is -0.337 e. The highest BCUT2D eigenvalue weighted by Gasteiger charge is 2.54. The van der Waals surface area contributed by atoms with Gasteiger partial charge in [0.25, 0.3) is 5.91 Å². The Labute approximate surface area is 249 Å². The van der Waals surface area contributed by atoms with Crippen LogP contribution in [-0.4, -0.2) is 33.7 Å². The van der Waals surface area contributed by atoms with Crippen molar-refractivity contribution in [2.24, 2.45) is 5.41 Å². The Morgan fingerprint density at radius 3 is 2.24 bits per heavy atom. The van der Waals surface area contributed by atoms with Crippen LogP contribution in [0.4, 0.5) is 5.13 Å². The minimum atomic E-state index is -0.594. The van der Waals surface area contributed by atoms with E-state index in [1.807, 2.05) is 41.8 Å². The summed E-state index contributed by atoms with van der Waals surface area (Å²) in [7, 11) is 1.79. The molecule has 0 spiro atoms. The van der Waals surface area contributed by atoms with Crippen LogP contribution in [0.1, 0.15) is 63.4 Å². The molecule has 5 aromatic rings. The van der Waals surface area contributed by atoms with Gasteiger partial charge in [-0.3, -0.25) is 14.6 Å². The Morgan fingerprint density at radius 2 is 1.60 bits per heavy atom. The normalized spacial score (nSPS) is 20.0. The fraction of sp³-hybridized carbons (Fsp3) is 0.200. The van der Waals surface area contributed by atoms with Crippen LogP contribution in [0.15, 0.2) is 103 Å². The summed E-state index contributed by atoms with van der Waals surface area (Å²) in [5, 5.41) is 5.68. The molecule has 6 nitrogen and oxygen atoms in total. The number of nitrogens with zero attached hydrogens (tertiary/aromatic N) is 3. The van der Waals surface area contributed by atoms with E-state index in [1.165, 1.54) is 33.6 Å². The Balaban J connectivity index is 1.08. The number of anilines is 1. The molecule has 1 atom stereocenters. The van der Waals surface area contributed by atoms with Crippen LogP contribution >= 0.6 is 11.3 Å². The fourth-order valence-corrected chi connectivity index (χ4v) is 7.45. The van der Waals surface area contributed by atoms with E-state index >= 15 is 0 Å². The molecule has 0 saturated heterocycles. The molecule has 2 amide bonds. The quantitative estimate of drug-likeness (QED) is 0.236. The Bertz CT molecular complexity index is 1750. The zero-order chi connectivity index (χ0) is 28.8. The number of carbonyl (C=O) groups excluding carboxylic acids is 2. The van der Waals surface area contributed by atoms with Crippen LogP contribution < -0.4 is 5.32 Å². The van der Waals surface area contributed by atoms with Crippen molar-refractivity contribution in [2.45, 2.75) is 31.7 Å². The third kappa shape index (κ3) is 4.41. The van der Waals surface area contributed by atoms with E-state index in [9.17, 15) is 9.59 Å². The molecule has 0 aliphatic heterocycles. The van der Waals surface area contributed by atoms with E-state index < -0.39 is 5.41 Å². The number of aromatic nitrogens is 2. The van der Waals surface area contributed by atoms with Crippen LogP contribution in [0, 0.1) is 5.41 Å². The molecule has 2 bridgehead atoms. The van der Waals surface area contributed by atoms with Crippen LogP contribution in [0.25, 0.3) is 11.3 Å². The molecule has 42 heavy (non-hydrogen) atoms. The molecule has 2 aromatic heterocycles. The van der Waals surface area contributed by atoms with Gasteiger partial charge in [-0.05, 0) is 59.4 Å². The SMILES string of the molecule is CN(Cc1cccnc1)C(=O)c1ccc(-c2csc(NC(=O)C3(C)CC4c5ccccc5C3c3ccccc34)n2)cc1. The summed E-state index contributed by atoms with van der Waals surface area (Å²) >= 11 is 1.42. The zero-order valence-electron chi connectivity index (χ0n) is 23.5. The summed E-state index contributed by atoms with van der Waals surface area (Å²) in [5.41, 5.74) is 7.84. The smallest absolute Gasteiger partial charge is 0.253 e. The van der Waals surface area contributed by atoms with Gasteiger partial charge in [-0.1, -0.05) is 66.7 Å². The maximum absolute atomic E-state index is 14.0. The lowest BCUT2D eigenvalue weighted by Crippen LogP contribution is -2.47. The van der Waals surface area contributed by atoms with Crippen molar-refractivity contribution in [2.75, 3.05) is 12.4 Å². The minimum absolute atomic E-state index is 0.00000372. The Kier molecular flexibility index (Phi) is 6.47. The summed E-state index contributed by atoms with van der Waals surface area (Å²) in [6, 6.07) is 28.4. The average molecular weight is 571 g/mol. The Hall–Kier alpha value is -4.62. The number of amides is 2. The predicted molar refractivity (Wildman–Crippen MR) is 166 cm³/mol. The Morgan fingerprint density at radius 1 is 0.929 bits per heavy atom. The molecule has 0 radical (unpaired) electrons. The van der Waals surface area contributed by atoms with Gasteiger partial charge >= 0.3 is 0 Å². The number of benzene rings is 3. The second kappa shape index (κ2) is 10.3. The van der Waals surface area contributed by atoms with Crippen molar-refractivity contribution in [1.29, 1.82) is 0 Å². The van der Waals surface area contributed by atoms with E-state index in [-0.39, 0.29) is 23.7 Å². The highest BCUT2D eigenvalue weighted by Crippen LogP contribution is 2.61. The third-order valence-electron chi connectivity index (χ3n) is 8.79. The van der Waals surface area contributed by atoms with Crippen molar-refractivity contribution in [3.8, 4) is 11.3 Å². The summed E-state index contributed by atoms with van der Waals surface area (Å²) in [6.07, 6.45) is 4.25. The van der Waals surface area contributed by atoms with Crippen molar-refractivity contribution >= 4 is 28.3 Å². The first kappa shape index (κ1) is 26.3. The van der Waals surface area contributed by atoms with Gasteiger partial charge in [0.05, 0.1) is 11.1 Å². The molecule has 7 heteroatoms. The number of pyridine rings is 1. The van der Waals surface area contributed by atoms with Crippen LogP contribution in [0.3, 0.4) is 0 Å². The van der Waals surface area contributed by atoms with E-state index in [4.69, 9.17) is 4.98 Å². The number of hydrogen-bond donors (Lipinski definition) is 1. The fourth-order valence-electron chi connectivity index (χ4n) is 6.73. The largest absolute Gasteiger partial charge is 0.337 e. The van der Waals surface area contributed by atoms with Gasteiger partial charge in [0.1, 0.15) is 0 Å². The van der Waals surface area contributed by atoms with E-state index in [0.29, 0.717) is 17.2 Å². The summed E-state index contributed by atoms with van der Waals surface area (Å²) in [4.78, 5) is 37.5. The van der Waals surface area contributed by atoms with Gasteiger partial charge in [-0.25, -0.2) is 4.98 Å². The van der Waals surface area contributed by atoms with Crippen molar-refractivity contribution in [3.63, 3.8) is 0 Å². The molecular weight excluding hydrogens is 540 g/mol. The number of fused-ring (bicyclic) bond motifs is 1. The summed E-state index contributed by atoms with van der Waals surface area (Å²) in [6.45, 7) is 2.59. The highest BCUT2D eigenvalue weighted by molar-refractivity contribution is 7.14. The van der Waals surface area contributed by atoms with Gasteiger partial charge in [0.2, 0.25) is 5.91 Å². The molecule has 208 valence electrons. The van der Waals surface area contributed by atoms with Gasteiger partial charge in [-0.15, -0.1) is 11.3 Å². The van der Waals surface area contributed by atoms with E-state index in [1.54, 1.807) is 24.3 Å². The van der Waals surface area contributed by atoms with Gasteiger partial charge in [-0.2, -0.15) is 0 Å². The standard InChI is InChI=1S/C35H30N4O2S/c1-35(18-29-25-9-3-5-11-27(25)31(35)28-12-6-4-10-26(28)29)33(41)38-34-37-30(21-42-34)23-13-15-24(16-14-23)32(40)39(2)20-22-8-7-17-36-19-22/h3-17,19,21,29,31H,18,20H2,1-2H3,(H,37,38,41). The second-order valence-electron chi connectivity index (χ2n) is 11.5. The topological polar surface area (TPSA) is 75.2 Å². The molecule has 8 rings (SSSR count). The maximum Gasteiger partial charge on any atom is 0.253 e. The molecule has 3 aliphatic carbocycles. The number of carbonyl (C=O) groups is 2. The molecule has 0 saturated carbocycles. The predicted octanol–water partition coefficient (Wildman–Crippen LogP) is 7.10. The molecule has 1 unspecified atom stereocenters. The highest BCUT2D eigenvalue weighted by atomic mass is 32.1. The van der Waals surface area contributed by atoms with Gasteiger partial charge in [0, 0.05) is 54.3 Å². The van der Waals surface area contributed by atoms with E-state index in [0.717, 1.165) is 23.2 Å². The average Bonchev–Trinajstić information content (AvgIpc) is 3.50. The number of nitrogens with one attached hydrogen (secondary N) is 1. The molecule has 1 N–H and O–H groups in total.